The molecule has 4 nitrogen and oxygen atoms in total. The molecule has 106 valence electrons. The van der Waals surface area contributed by atoms with Crippen molar-refractivity contribution in [3.8, 4) is 0 Å². The SMILES string of the molecule is CC1(C)[C@@]2(c3ccc([N+](=O)[O-])cc3)CC[C@@]1(C)C(=O)C2. The van der Waals surface area contributed by atoms with Crippen LogP contribution in [0.4, 0.5) is 5.69 Å². The van der Waals surface area contributed by atoms with E-state index in [1.165, 1.54) is 0 Å². The number of Topliss-reactive ketones (excluding diaryl/α,β-unsaturated/α-hetero) is 1. The fraction of sp³-hybridized carbons (Fsp3) is 0.562. The van der Waals surface area contributed by atoms with Crippen LogP contribution in [0.1, 0.15) is 45.6 Å². The van der Waals surface area contributed by atoms with Gasteiger partial charge in [-0.05, 0) is 23.8 Å². The summed E-state index contributed by atoms with van der Waals surface area (Å²) in [5, 5.41) is 10.8. The molecule has 0 aromatic heterocycles. The zero-order valence-corrected chi connectivity index (χ0v) is 12.1. The number of rotatable bonds is 2. The largest absolute Gasteiger partial charge is 0.299 e. The van der Waals surface area contributed by atoms with Gasteiger partial charge in [-0.25, -0.2) is 0 Å². The van der Waals surface area contributed by atoms with Gasteiger partial charge < -0.3 is 0 Å². The maximum Gasteiger partial charge on any atom is 0.269 e. The van der Waals surface area contributed by atoms with E-state index in [1.54, 1.807) is 12.1 Å². The minimum atomic E-state index is -0.384. The molecular formula is C16H19NO3. The van der Waals surface area contributed by atoms with Crippen LogP contribution in [0.15, 0.2) is 24.3 Å². The van der Waals surface area contributed by atoms with Crippen LogP contribution in [-0.4, -0.2) is 10.7 Å². The number of non-ortho nitro benzene ring substituents is 1. The van der Waals surface area contributed by atoms with E-state index in [0.29, 0.717) is 12.2 Å². The number of fused-ring (bicyclic) bond motifs is 2. The van der Waals surface area contributed by atoms with Crippen LogP contribution in [0.2, 0.25) is 0 Å². The highest BCUT2D eigenvalue weighted by atomic mass is 16.6. The maximum atomic E-state index is 12.4. The van der Waals surface area contributed by atoms with Crippen LogP contribution in [0.5, 0.6) is 0 Å². The molecule has 3 rings (SSSR count). The molecule has 0 aliphatic heterocycles. The Balaban J connectivity index is 2.10. The van der Waals surface area contributed by atoms with Gasteiger partial charge in [-0.2, -0.15) is 0 Å². The summed E-state index contributed by atoms with van der Waals surface area (Å²) < 4.78 is 0. The molecule has 2 atom stereocenters. The van der Waals surface area contributed by atoms with Crippen molar-refractivity contribution in [1.82, 2.24) is 0 Å². The highest BCUT2D eigenvalue weighted by Crippen LogP contribution is 2.70. The Labute approximate surface area is 118 Å². The van der Waals surface area contributed by atoms with Gasteiger partial charge in [0.05, 0.1) is 4.92 Å². The standard InChI is InChI=1S/C16H19NO3/c1-14(2)15(3)8-9-16(14,10-13(15)18)11-4-6-12(7-5-11)17(19)20/h4-7H,8-10H2,1-3H3/t15-,16-/m0/s1. The lowest BCUT2D eigenvalue weighted by Gasteiger charge is -2.40. The molecule has 1 aromatic rings. The number of nitro benzene ring substituents is 1. The normalized spacial score (nSPS) is 34.5. The Morgan fingerprint density at radius 3 is 2.10 bits per heavy atom. The first-order valence-corrected chi connectivity index (χ1v) is 7.03. The molecule has 0 heterocycles. The molecule has 0 unspecified atom stereocenters. The molecule has 2 aliphatic rings. The Morgan fingerprint density at radius 1 is 1.10 bits per heavy atom. The van der Waals surface area contributed by atoms with Gasteiger partial charge in [-0.15, -0.1) is 0 Å². The first kappa shape index (κ1) is 13.3. The summed E-state index contributed by atoms with van der Waals surface area (Å²) >= 11 is 0. The van der Waals surface area contributed by atoms with Crippen molar-refractivity contribution in [2.75, 3.05) is 0 Å². The third kappa shape index (κ3) is 1.29. The van der Waals surface area contributed by atoms with Crippen LogP contribution >= 0.6 is 0 Å². The second kappa shape index (κ2) is 3.68. The molecule has 20 heavy (non-hydrogen) atoms. The van der Waals surface area contributed by atoms with Crippen LogP contribution in [0.3, 0.4) is 0 Å². The number of nitrogens with zero attached hydrogens (tertiary/aromatic N) is 1. The fourth-order valence-electron chi connectivity index (χ4n) is 4.39. The summed E-state index contributed by atoms with van der Waals surface area (Å²) in [4.78, 5) is 22.8. The van der Waals surface area contributed by atoms with E-state index in [2.05, 4.69) is 20.8 Å². The van der Waals surface area contributed by atoms with Crippen molar-refractivity contribution in [2.45, 2.75) is 45.4 Å². The van der Waals surface area contributed by atoms with E-state index in [4.69, 9.17) is 0 Å². The summed E-state index contributed by atoms with van der Waals surface area (Å²) in [6.07, 6.45) is 2.46. The van der Waals surface area contributed by atoms with Gasteiger partial charge in [0.25, 0.3) is 5.69 Å². The molecular weight excluding hydrogens is 254 g/mol. The fourth-order valence-corrected chi connectivity index (χ4v) is 4.39. The zero-order valence-electron chi connectivity index (χ0n) is 12.1. The van der Waals surface area contributed by atoms with Crippen LogP contribution < -0.4 is 0 Å². The smallest absolute Gasteiger partial charge is 0.269 e. The highest BCUT2D eigenvalue weighted by Gasteiger charge is 2.69. The quantitative estimate of drug-likeness (QED) is 0.610. The number of benzene rings is 1. The molecule has 0 amide bonds. The highest BCUT2D eigenvalue weighted by molar-refractivity contribution is 5.91. The minimum absolute atomic E-state index is 0.104. The lowest BCUT2D eigenvalue weighted by atomic mass is 9.62. The maximum absolute atomic E-state index is 12.4. The molecule has 0 radical (unpaired) electrons. The molecule has 0 saturated heterocycles. The van der Waals surface area contributed by atoms with Gasteiger partial charge in [0.15, 0.2) is 0 Å². The number of carbonyl (C=O) groups is 1. The van der Waals surface area contributed by atoms with E-state index in [-0.39, 0.29) is 26.9 Å². The van der Waals surface area contributed by atoms with Crippen LogP contribution in [0.25, 0.3) is 0 Å². The third-order valence-electron chi connectivity index (χ3n) is 6.34. The van der Waals surface area contributed by atoms with Gasteiger partial charge in [-0.3, -0.25) is 14.9 Å². The van der Waals surface area contributed by atoms with Crippen molar-refractivity contribution in [2.24, 2.45) is 10.8 Å². The predicted molar refractivity (Wildman–Crippen MR) is 75.5 cm³/mol. The molecule has 0 spiro atoms. The van der Waals surface area contributed by atoms with Crippen molar-refractivity contribution in [1.29, 1.82) is 0 Å². The van der Waals surface area contributed by atoms with Crippen molar-refractivity contribution >= 4 is 11.5 Å². The Kier molecular flexibility index (Phi) is 2.45. The summed E-state index contributed by atoms with van der Waals surface area (Å²) in [5.41, 5.74) is 0.659. The second-order valence-corrected chi connectivity index (χ2v) is 6.94. The van der Waals surface area contributed by atoms with Gasteiger partial charge >= 0.3 is 0 Å². The topological polar surface area (TPSA) is 60.2 Å². The van der Waals surface area contributed by atoms with Crippen molar-refractivity contribution in [3.63, 3.8) is 0 Å². The first-order chi connectivity index (χ1) is 9.24. The van der Waals surface area contributed by atoms with E-state index < -0.39 is 0 Å². The number of carbonyl (C=O) groups excluding carboxylic acids is 1. The number of nitro groups is 1. The van der Waals surface area contributed by atoms with Crippen LogP contribution in [-0.2, 0) is 10.2 Å². The zero-order chi connectivity index (χ0) is 14.8. The van der Waals surface area contributed by atoms with E-state index in [1.807, 2.05) is 12.1 Å². The molecule has 2 saturated carbocycles. The Hall–Kier alpha value is -1.71. The Bertz CT molecular complexity index is 605. The minimum Gasteiger partial charge on any atom is -0.299 e. The van der Waals surface area contributed by atoms with Gasteiger partial charge in [0.2, 0.25) is 0 Å². The van der Waals surface area contributed by atoms with E-state index >= 15 is 0 Å². The summed E-state index contributed by atoms with van der Waals surface area (Å²) in [6.45, 7) is 6.42. The lowest BCUT2D eigenvalue weighted by molar-refractivity contribution is -0.384. The third-order valence-corrected chi connectivity index (χ3v) is 6.34. The first-order valence-electron chi connectivity index (χ1n) is 7.03. The predicted octanol–water partition coefficient (Wildman–Crippen LogP) is 3.63. The average molecular weight is 273 g/mol. The summed E-state index contributed by atoms with van der Waals surface area (Å²) in [6, 6.07) is 6.78. The number of ketones is 1. The molecule has 2 fully saturated rings. The monoisotopic (exact) mass is 273 g/mol. The van der Waals surface area contributed by atoms with Gasteiger partial charge in [-0.1, -0.05) is 32.9 Å². The van der Waals surface area contributed by atoms with Crippen molar-refractivity contribution < 1.29 is 9.72 Å². The molecule has 0 N–H and O–H groups in total. The summed E-state index contributed by atoms with van der Waals surface area (Å²) in [5.74, 6) is 0.340. The molecule has 4 heteroatoms. The lowest BCUT2D eigenvalue weighted by Crippen LogP contribution is -2.38. The summed E-state index contributed by atoms with van der Waals surface area (Å²) in [7, 11) is 0. The average Bonchev–Trinajstić information content (AvgIpc) is 2.69. The Morgan fingerprint density at radius 2 is 1.70 bits per heavy atom. The van der Waals surface area contributed by atoms with Crippen LogP contribution in [0, 0.1) is 20.9 Å². The number of hydrogen-bond acceptors (Lipinski definition) is 3. The van der Waals surface area contributed by atoms with Gasteiger partial charge in [0, 0.05) is 29.4 Å². The van der Waals surface area contributed by atoms with E-state index in [0.717, 1.165) is 18.4 Å². The van der Waals surface area contributed by atoms with Gasteiger partial charge in [0.1, 0.15) is 5.78 Å². The molecule has 2 aliphatic carbocycles. The van der Waals surface area contributed by atoms with E-state index in [9.17, 15) is 14.9 Å². The second-order valence-electron chi connectivity index (χ2n) is 6.94. The number of hydrogen-bond donors (Lipinski definition) is 0. The molecule has 1 aromatic carbocycles. The van der Waals surface area contributed by atoms with Crippen molar-refractivity contribution in [3.05, 3.63) is 39.9 Å². The molecule has 2 bridgehead atoms.